The first-order chi connectivity index (χ1) is 11.5. The second-order valence-corrected chi connectivity index (χ2v) is 6.76. The number of hydrogen-bond acceptors (Lipinski definition) is 4. The zero-order valence-electron chi connectivity index (χ0n) is 13.4. The molecule has 24 heavy (non-hydrogen) atoms. The number of carbonyl (C=O) groups excluding carboxylic acids is 1. The first-order valence-electron chi connectivity index (χ1n) is 7.76. The number of aromatic amines is 1. The topological polar surface area (TPSA) is 90.0 Å². The third-order valence-corrected chi connectivity index (χ3v) is 4.85. The number of aliphatic hydroxyl groups is 1. The third-order valence-electron chi connectivity index (χ3n) is 3.73. The van der Waals surface area contributed by atoms with Gasteiger partial charge in [0, 0.05) is 17.8 Å². The van der Waals surface area contributed by atoms with Crippen molar-refractivity contribution in [3.05, 3.63) is 52.5 Å². The number of nitrogens with zero attached hydrogens (tertiary/aromatic N) is 1. The van der Waals surface area contributed by atoms with Gasteiger partial charge in [0.1, 0.15) is 11.4 Å². The molecule has 3 aromatic rings. The average Bonchev–Trinajstić information content (AvgIpc) is 3.22. The predicted molar refractivity (Wildman–Crippen MR) is 95.1 cm³/mol. The Bertz CT molecular complexity index is 778. The normalized spacial score (nSPS) is 13.6. The number of hydrogen-bond donors (Lipinski definition) is 4. The van der Waals surface area contributed by atoms with Crippen LogP contribution in [0, 0.1) is 0 Å². The molecule has 0 saturated carbocycles. The second kappa shape index (κ2) is 7.02. The number of urea groups is 1. The Morgan fingerprint density at radius 3 is 2.88 bits per heavy atom. The lowest BCUT2D eigenvalue weighted by Crippen LogP contribution is -2.43. The SMILES string of the molecule is CC(O)(CNC(=O)NCCc1nc2ccccc2[nH]1)c1cccs1. The van der Waals surface area contributed by atoms with Crippen molar-refractivity contribution in [2.75, 3.05) is 13.1 Å². The van der Waals surface area contributed by atoms with Crippen LogP contribution in [0.1, 0.15) is 17.6 Å². The number of carbonyl (C=O) groups is 1. The zero-order chi connectivity index (χ0) is 17.0. The summed E-state index contributed by atoms with van der Waals surface area (Å²) in [5, 5.41) is 17.7. The number of rotatable bonds is 6. The summed E-state index contributed by atoms with van der Waals surface area (Å²) >= 11 is 1.46. The second-order valence-electron chi connectivity index (χ2n) is 5.81. The number of nitrogens with one attached hydrogen (secondary N) is 3. The number of imidazole rings is 1. The van der Waals surface area contributed by atoms with E-state index in [1.165, 1.54) is 11.3 Å². The number of H-pyrrole nitrogens is 1. The first-order valence-corrected chi connectivity index (χ1v) is 8.64. The van der Waals surface area contributed by atoms with Gasteiger partial charge in [0.2, 0.25) is 0 Å². The number of benzene rings is 1. The molecule has 126 valence electrons. The molecule has 2 amide bonds. The van der Waals surface area contributed by atoms with Gasteiger partial charge >= 0.3 is 6.03 Å². The molecule has 1 aromatic carbocycles. The van der Waals surface area contributed by atoms with Crippen molar-refractivity contribution < 1.29 is 9.90 Å². The van der Waals surface area contributed by atoms with Crippen LogP contribution in [0.4, 0.5) is 4.79 Å². The summed E-state index contributed by atoms with van der Waals surface area (Å²) in [5.41, 5.74) is 0.845. The third kappa shape index (κ3) is 3.93. The monoisotopic (exact) mass is 344 g/mol. The van der Waals surface area contributed by atoms with Crippen LogP contribution < -0.4 is 10.6 Å². The van der Waals surface area contributed by atoms with E-state index in [-0.39, 0.29) is 12.6 Å². The molecule has 0 radical (unpaired) electrons. The molecule has 2 aromatic heterocycles. The number of fused-ring (bicyclic) bond motifs is 1. The molecular formula is C17H20N4O2S. The Labute approximate surface area is 143 Å². The van der Waals surface area contributed by atoms with Crippen molar-refractivity contribution in [2.24, 2.45) is 0 Å². The highest BCUT2D eigenvalue weighted by Crippen LogP contribution is 2.24. The van der Waals surface area contributed by atoms with Crippen LogP contribution in [0.5, 0.6) is 0 Å². The summed E-state index contributed by atoms with van der Waals surface area (Å²) in [6, 6.07) is 11.2. The van der Waals surface area contributed by atoms with E-state index < -0.39 is 5.60 Å². The Hall–Kier alpha value is -2.38. The lowest BCUT2D eigenvalue weighted by atomic mass is 10.1. The molecule has 4 N–H and O–H groups in total. The summed E-state index contributed by atoms with van der Waals surface area (Å²) in [6.07, 6.45) is 0.615. The highest BCUT2D eigenvalue weighted by Gasteiger charge is 2.24. The maximum atomic E-state index is 11.9. The smallest absolute Gasteiger partial charge is 0.314 e. The van der Waals surface area contributed by atoms with Gasteiger partial charge < -0.3 is 20.7 Å². The Morgan fingerprint density at radius 1 is 1.29 bits per heavy atom. The molecule has 0 saturated heterocycles. The minimum Gasteiger partial charge on any atom is -0.383 e. The fraction of sp³-hybridized carbons (Fsp3) is 0.294. The molecule has 3 rings (SSSR count). The van der Waals surface area contributed by atoms with Gasteiger partial charge in [-0.1, -0.05) is 18.2 Å². The molecule has 0 aliphatic carbocycles. The molecule has 0 aliphatic heterocycles. The highest BCUT2D eigenvalue weighted by molar-refractivity contribution is 7.10. The fourth-order valence-electron chi connectivity index (χ4n) is 2.41. The van der Waals surface area contributed by atoms with E-state index in [0.717, 1.165) is 21.7 Å². The highest BCUT2D eigenvalue weighted by atomic mass is 32.1. The van der Waals surface area contributed by atoms with Crippen molar-refractivity contribution in [3.63, 3.8) is 0 Å². The van der Waals surface area contributed by atoms with Gasteiger partial charge in [0.05, 0.1) is 17.6 Å². The number of thiophene rings is 1. The van der Waals surface area contributed by atoms with E-state index in [2.05, 4.69) is 20.6 Å². The van der Waals surface area contributed by atoms with E-state index in [1.807, 2.05) is 41.8 Å². The van der Waals surface area contributed by atoms with Crippen LogP contribution in [0.15, 0.2) is 41.8 Å². The molecule has 6 nitrogen and oxygen atoms in total. The average molecular weight is 344 g/mol. The van der Waals surface area contributed by atoms with Crippen molar-refractivity contribution in [3.8, 4) is 0 Å². The summed E-state index contributed by atoms with van der Waals surface area (Å²) < 4.78 is 0. The largest absolute Gasteiger partial charge is 0.383 e. The summed E-state index contributed by atoms with van der Waals surface area (Å²) in [6.45, 7) is 2.31. The fourth-order valence-corrected chi connectivity index (χ4v) is 3.19. The van der Waals surface area contributed by atoms with Gasteiger partial charge in [-0.2, -0.15) is 0 Å². The van der Waals surface area contributed by atoms with Gasteiger partial charge in [-0.25, -0.2) is 9.78 Å². The minimum atomic E-state index is -1.07. The summed E-state index contributed by atoms with van der Waals surface area (Å²) in [7, 11) is 0. The van der Waals surface area contributed by atoms with Gasteiger partial charge in [0.15, 0.2) is 0 Å². The van der Waals surface area contributed by atoms with E-state index in [1.54, 1.807) is 6.92 Å². The summed E-state index contributed by atoms with van der Waals surface area (Å²) in [5.74, 6) is 0.835. The lowest BCUT2D eigenvalue weighted by Gasteiger charge is -2.22. The van der Waals surface area contributed by atoms with Crippen molar-refractivity contribution in [1.82, 2.24) is 20.6 Å². The van der Waals surface area contributed by atoms with E-state index in [9.17, 15) is 9.90 Å². The maximum absolute atomic E-state index is 11.9. The Balaban J connectivity index is 1.44. The predicted octanol–water partition coefficient (Wildman–Crippen LogP) is 2.37. The number of amides is 2. The molecule has 0 bridgehead atoms. The lowest BCUT2D eigenvalue weighted by molar-refractivity contribution is 0.0631. The quantitative estimate of drug-likeness (QED) is 0.553. The van der Waals surface area contributed by atoms with Gasteiger partial charge in [-0.05, 0) is 30.5 Å². The molecule has 2 heterocycles. The number of para-hydroxylation sites is 2. The van der Waals surface area contributed by atoms with Crippen LogP contribution in [0.2, 0.25) is 0 Å². The van der Waals surface area contributed by atoms with Gasteiger partial charge in [-0.3, -0.25) is 0 Å². The van der Waals surface area contributed by atoms with Gasteiger partial charge in [0.25, 0.3) is 0 Å². The molecule has 7 heteroatoms. The standard InChI is InChI=1S/C17H20N4O2S/c1-17(23,14-7-4-10-24-14)11-19-16(22)18-9-8-15-20-12-5-2-3-6-13(12)21-15/h2-7,10,23H,8-9,11H2,1H3,(H,20,21)(H2,18,19,22). The zero-order valence-corrected chi connectivity index (χ0v) is 14.2. The van der Waals surface area contributed by atoms with Crippen molar-refractivity contribution in [1.29, 1.82) is 0 Å². The summed E-state index contributed by atoms with van der Waals surface area (Å²) in [4.78, 5) is 20.4. The molecule has 0 fully saturated rings. The van der Waals surface area contributed by atoms with Crippen molar-refractivity contribution in [2.45, 2.75) is 18.9 Å². The molecule has 0 aliphatic rings. The van der Waals surface area contributed by atoms with E-state index in [4.69, 9.17) is 0 Å². The van der Waals surface area contributed by atoms with Crippen LogP contribution in [0.3, 0.4) is 0 Å². The molecule has 1 atom stereocenters. The first kappa shape index (κ1) is 16.5. The minimum absolute atomic E-state index is 0.157. The number of aromatic nitrogens is 2. The Morgan fingerprint density at radius 2 is 2.12 bits per heavy atom. The van der Waals surface area contributed by atoms with Crippen LogP contribution in [-0.4, -0.2) is 34.2 Å². The van der Waals surface area contributed by atoms with Crippen LogP contribution in [-0.2, 0) is 12.0 Å². The van der Waals surface area contributed by atoms with Crippen molar-refractivity contribution >= 4 is 28.4 Å². The maximum Gasteiger partial charge on any atom is 0.314 e. The molecule has 0 spiro atoms. The Kier molecular flexibility index (Phi) is 4.82. The van der Waals surface area contributed by atoms with E-state index >= 15 is 0 Å². The van der Waals surface area contributed by atoms with E-state index in [0.29, 0.717) is 13.0 Å². The molecular weight excluding hydrogens is 324 g/mol. The van der Waals surface area contributed by atoms with Gasteiger partial charge in [-0.15, -0.1) is 11.3 Å². The van der Waals surface area contributed by atoms with Crippen LogP contribution in [0.25, 0.3) is 11.0 Å². The van der Waals surface area contributed by atoms with Crippen LogP contribution >= 0.6 is 11.3 Å². The molecule has 1 unspecified atom stereocenters.